The van der Waals surface area contributed by atoms with E-state index in [1.165, 1.54) is 14.2 Å². The van der Waals surface area contributed by atoms with Crippen molar-refractivity contribution in [3.05, 3.63) is 77.9 Å². The lowest BCUT2D eigenvalue weighted by Gasteiger charge is -2.16. The number of esters is 1. The highest BCUT2D eigenvalue weighted by Crippen LogP contribution is 2.39. The molecule has 0 fully saturated rings. The first-order chi connectivity index (χ1) is 14.1. The van der Waals surface area contributed by atoms with Crippen molar-refractivity contribution >= 4 is 5.97 Å². The Bertz CT molecular complexity index is 926. The molecule has 150 valence electrons. The molecule has 0 bridgehead atoms. The summed E-state index contributed by atoms with van der Waals surface area (Å²) < 4.78 is 27.3. The van der Waals surface area contributed by atoms with E-state index in [2.05, 4.69) is 0 Å². The summed E-state index contributed by atoms with van der Waals surface area (Å²) in [6.45, 7) is 0.337. The molecule has 0 N–H and O–H groups in total. The third-order valence-electron chi connectivity index (χ3n) is 4.19. The topological polar surface area (TPSA) is 63.2 Å². The molecule has 0 unspecified atom stereocenters. The Kier molecular flexibility index (Phi) is 6.58. The molecule has 3 aromatic carbocycles. The molecule has 29 heavy (non-hydrogen) atoms. The molecular weight excluding hydrogens is 372 g/mol. The molecule has 0 aliphatic heterocycles. The van der Waals surface area contributed by atoms with E-state index < -0.39 is 5.97 Å². The second-order valence-corrected chi connectivity index (χ2v) is 6.05. The van der Waals surface area contributed by atoms with Crippen LogP contribution in [0.2, 0.25) is 0 Å². The van der Waals surface area contributed by atoms with Gasteiger partial charge in [0.1, 0.15) is 18.1 Å². The maximum atomic E-state index is 12.6. The summed E-state index contributed by atoms with van der Waals surface area (Å²) in [6, 6.07) is 19.6. The standard InChI is InChI=1S/C23H22O6/c1-25-18-9-11-19(12-10-18)29-23(24)17-13-20(26-2)22(21(14-17)27-3)28-15-16-7-5-4-6-8-16/h4-14H,15H2,1-3H3. The van der Waals surface area contributed by atoms with E-state index in [0.717, 1.165) is 5.56 Å². The van der Waals surface area contributed by atoms with Crippen molar-refractivity contribution in [2.45, 2.75) is 6.61 Å². The van der Waals surface area contributed by atoms with E-state index >= 15 is 0 Å². The van der Waals surface area contributed by atoms with E-state index in [0.29, 0.717) is 35.4 Å². The normalized spacial score (nSPS) is 10.2. The van der Waals surface area contributed by atoms with Crippen LogP contribution in [0.4, 0.5) is 0 Å². The number of hydrogen-bond acceptors (Lipinski definition) is 6. The molecule has 0 spiro atoms. The zero-order valence-electron chi connectivity index (χ0n) is 16.5. The summed E-state index contributed by atoms with van der Waals surface area (Å²) in [6.07, 6.45) is 0. The minimum absolute atomic E-state index is 0.279. The highest BCUT2D eigenvalue weighted by atomic mass is 16.5. The van der Waals surface area contributed by atoms with Gasteiger partial charge in [-0.3, -0.25) is 0 Å². The predicted octanol–water partition coefficient (Wildman–Crippen LogP) is 4.51. The van der Waals surface area contributed by atoms with Crippen molar-refractivity contribution in [1.29, 1.82) is 0 Å². The average Bonchev–Trinajstić information content (AvgIpc) is 2.78. The minimum Gasteiger partial charge on any atom is -0.497 e. The van der Waals surface area contributed by atoms with Gasteiger partial charge in [0.2, 0.25) is 5.75 Å². The lowest BCUT2D eigenvalue weighted by molar-refractivity contribution is 0.0733. The van der Waals surface area contributed by atoms with Gasteiger partial charge in [0.05, 0.1) is 26.9 Å². The van der Waals surface area contributed by atoms with Gasteiger partial charge in [0, 0.05) is 0 Å². The molecule has 0 atom stereocenters. The molecular formula is C23H22O6. The Morgan fingerprint density at radius 3 is 1.90 bits per heavy atom. The van der Waals surface area contributed by atoms with Gasteiger partial charge in [-0.05, 0) is 42.0 Å². The fourth-order valence-corrected chi connectivity index (χ4v) is 2.68. The summed E-state index contributed by atoms with van der Waals surface area (Å²) in [7, 11) is 4.58. The molecule has 0 heterocycles. The highest BCUT2D eigenvalue weighted by Gasteiger charge is 2.19. The second-order valence-electron chi connectivity index (χ2n) is 6.05. The quantitative estimate of drug-likeness (QED) is 0.414. The van der Waals surface area contributed by atoms with Crippen LogP contribution >= 0.6 is 0 Å². The summed E-state index contributed by atoms with van der Waals surface area (Å²) in [5.74, 6) is 1.70. The van der Waals surface area contributed by atoms with E-state index in [1.54, 1.807) is 43.5 Å². The largest absolute Gasteiger partial charge is 0.497 e. The number of carbonyl (C=O) groups is 1. The van der Waals surface area contributed by atoms with Crippen LogP contribution in [0.3, 0.4) is 0 Å². The number of hydrogen-bond donors (Lipinski definition) is 0. The molecule has 0 aromatic heterocycles. The van der Waals surface area contributed by atoms with Crippen molar-refractivity contribution < 1.29 is 28.5 Å². The van der Waals surface area contributed by atoms with Gasteiger partial charge in [-0.2, -0.15) is 0 Å². The SMILES string of the molecule is COc1ccc(OC(=O)c2cc(OC)c(OCc3ccccc3)c(OC)c2)cc1. The smallest absolute Gasteiger partial charge is 0.343 e. The lowest BCUT2D eigenvalue weighted by atomic mass is 10.1. The van der Waals surface area contributed by atoms with E-state index in [9.17, 15) is 4.79 Å². The molecule has 6 nitrogen and oxygen atoms in total. The fourth-order valence-electron chi connectivity index (χ4n) is 2.68. The predicted molar refractivity (Wildman–Crippen MR) is 108 cm³/mol. The first-order valence-electron chi connectivity index (χ1n) is 8.93. The number of rotatable bonds is 8. The minimum atomic E-state index is -0.540. The molecule has 0 aliphatic carbocycles. The number of carbonyl (C=O) groups excluding carboxylic acids is 1. The number of benzene rings is 3. The second kappa shape index (κ2) is 9.50. The molecule has 6 heteroatoms. The third-order valence-corrected chi connectivity index (χ3v) is 4.19. The van der Waals surface area contributed by atoms with E-state index in [4.69, 9.17) is 23.7 Å². The van der Waals surface area contributed by atoms with E-state index in [-0.39, 0.29) is 5.56 Å². The monoisotopic (exact) mass is 394 g/mol. The van der Waals surface area contributed by atoms with E-state index in [1.807, 2.05) is 30.3 Å². The van der Waals surface area contributed by atoms with Crippen molar-refractivity contribution in [3.8, 4) is 28.7 Å². The number of ether oxygens (including phenoxy) is 5. The van der Waals surface area contributed by atoms with Crippen molar-refractivity contribution in [3.63, 3.8) is 0 Å². The van der Waals surface area contributed by atoms with Crippen molar-refractivity contribution in [1.82, 2.24) is 0 Å². The van der Waals surface area contributed by atoms with Crippen LogP contribution in [-0.4, -0.2) is 27.3 Å². The van der Waals surface area contributed by atoms with Gasteiger partial charge in [-0.25, -0.2) is 4.79 Å². The highest BCUT2D eigenvalue weighted by molar-refractivity contribution is 5.92. The van der Waals surface area contributed by atoms with Crippen LogP contribution in [0.15, 0.2) is 66.7 Å². The molecule has 3 aromatic rings. The summed E-state index contributed by atoms with van der Waals surface area (Å²) in [5, 5.41) is 0. The van der Waals surface area contributed by atoms with Gasteiger partial charge in [0.15, 0.2) is 11.5 Å². The van der Waals surface area contributed by atoms with Gasteiger partial charge >= 0.3 is 5.97 Å². The molecule has 0 saturated carbocycles. The number of methoxy groups -OCH3 is 3. The zero-order valence-corrected chi connectivity index (χ0v) is 16.5. The third kappa shape index (κ3) is 4.99. The van der Waals surface area contributed by atoms with Crippen molar-refractivity contribution in [2.75, 3.05) is 21.3 Å². The molecule has 0 aliphatic rings. The van der Waals surface area contributed by atoms with Crippen molar-refractivity contribution in [2.24, 2.45) is 0 Å². The Morgan fingerprint density at radius 2 is 1.34 bits per heavy atom. The first-order valence-corrected chi connectivity index (χ1v) is 8.93. The summed E-state index contributed by atoms with van der Waals surface area (Å²) in [5.41, 5.74) is 1.28. The Morgan fingerprint density at radius 1 is 0.759 bits per heavy atom. The summed E-state index contributed by atoms with van der Waals surface area (Å²) in [4.78, 5) is 12.6. The van der Waals surface area contributed by atoms with Crippen LogP contribution in [0, 0.1) is 0 Å². The van der Waals surface area contributed by atoms with Gasteiger partial charge < -0.3 is 23.7 Å². The average molecular weight is 394 g/mol. The van der Waals surface area contributed by atoms with Crippen LogP contribution in [-0.2, 0) is 6.61 Å². The van der Waals surface area contributed by atoms with Gasteiger partial charge in [0.25, 0.3) is 0 Å². The maximum absolute atomic E-state index is 12.6. The molecule has 0 radical (unpaired) electrons. The summed E-state index contributed by atoms with van der Waals surface area (Å²) >= 11 is 0. The molecule has 3 rings (SSSR count). The Hall–Kier alpha value is -3.67. The van der Waals surface area contributed by atoms with Crippen LogP contribution in [0.1, 0.15) is 15.9 Å². The lowest BCUT2D eigenvalue weighted by Crippen LogP contribution is -2.10. The Balaban J connectivity index is 1.81. The van der Waals surface area contributed by atoms with Crippen LogP contribution < -0.4 is 23.7 Å². The zero-order chi connectivity index (χ0) is 20.6. The maximum Gasteiger partial charge on any atom is 0.343 e. The van der Waals surface area contributed by atoms with Crippen LogP contribution in [0.5, 0.6) is 28.7 Å². The van der Waals surface area contributed by atoms with Gasteiger partial charge in [-0.15, -0.1) is 0 Å². The fraction of sp³-hybridized carbons (Fsp3) is 0.174. The molecule has 0 saturated heterocycles. The van der Waals surface area contributed by atoms with Crippen LogP contribution in [0.25, 0.3) is 0 Å². The molecule has 0 amide bonds. The van der Waals surface area contributed by atoms with Gasteiger partial charge in [-0.1, -0.05) is 30.3 Å². The first kappa shape index (κ1) is 20.1. The Labute approximate surface area is 169 Å².